The molecule has 0 atom stereocenters. The van der Waals surface area contributed by atoms with Gasteiger partial charge in [0, 0.05) is 25.0 Å². The summed E-state index contributed by atoms with van der Waals surface area (Å²) in [6, 6.07) is 0. The van der Waals surface area contributed by atoms with Crippen LogP contribution >= 0.6 is 0 Å². The highest BCUT2D eigenvalue weighted by molar-refractivity contribution is 5.85. The maximum absolute atomic E-state index is 8.97. The van der Waals surface area contributed by atoms with E-state index in [2.05, 4.69) is 15.0 Å². The molecule has 0 radical (unpaired) electrons. The second kappa shape index (κ2) is 7.67. The van der Waals surface area contributed by atoms with Gasteiger partial charge in [-0.1, -0.05) is 19.0 Å². The van der Waals surface area contributed by atoms with E-state index in [1.807, 2.05) is 13.8 Å². The van der Waals surface area contributed by atoms with Gasteiger partial charge in [-0.15, -0.1) is 0 Å². The molecule has 0 aromatic rings. The first-order chi connectivity index (χ1) is 8.99. The molecule has 1 heterocycles. The number of aliphatic hydroxyl groups excluding tert-OH is 1. The van der Waals surface area contributed by atoms with Gasteiger partial charge < -0.3 is 20.9 Å². The van der Waals surface area contributed by atoms with Crippen LogP contribution in [0.2, 0.25) is 0 Å². The van der Waals surface area contributed by atoms with E-state index in [0.717, 1.165) is 52.1 Å². The van der Waals surface area contributed by atoms with Crippen molar-refractivity contribution in [2.45, 2.75) is 26.7 Å². The fraction of sp³-hybridized carbons (Fsp3) is 0.923. The van der Waals surface area contributed by atoms with Gasteiger partial charge in [-0.05, 0) is 32.5 Å². The molecule has 0 bridgehead atoms. The topological polar surface area (TPSA) is 85.3 Å². The first kappa shape index (κ1) is 16.2. The molecule has 1 fully saturated rings. The summed E-state index contributed by atoms with van der Waals surface area (Å²) in [5.41, 5.74) is 5.43. The van der Waals surface area contributed by atoms with Gasteiger partial charge in [0.15, 0.2) is 0 Å². The van der Waals surface area contributed by atoms with Gasteiger partial charge in [0.1, 0.15) is 5.84 Å². The monoisotopic (exact) mass is 272 g/mol. The highest BCUT2D eigenvalue weighted by Gasteiger charge is 2.25. The molecule has 6 nitrogen and oxygen atoms in total. The average molecular weight is 272 g/mol. The molecule has 1 rings (SSSR count). The van der Waals surface area contributed by atoms with Crippen molar-refractivity contribution in [2.75, 3.05) is 45.9 Å². The molecule has 0 aromatic heterocycles. The van der Waals surface area contributed by atoms with Gasteiger partial charge in [0.25, 0.3) is 0 Å². The quantitative estimate of drug-likeness (QED) is 0.277. The van der Waals surface area contributed by atoms with E-state index in [0.29, 0.717) is 5.84 Å². The zero-order chi connectivity index (χ0) is 14.3. The Labute approximate surface area is 115 Å². The number of β-amino-alcohol motifs (C(OH)–C–C–N with tert-alkyl or cyclic N) is 1. The lowest BCUT2D eigenvalue weighted by Crippen LogP contribution is -2.38. The van der Waals surface area contributed by atoms with Crippen molar-refractivity contribution in [3.05, 3.63) is 0 Å². The van der Waals surface area contributed by atoms with Crippen LogP contribution in [0.25, 0.3) is 0 Å². The van der Waals surface area contributed by atoms with Crippen LogP contribution in [0.5, 0.6) is 0 Å². The van der Waals surface area contributed by atoms with Crippen molar-refractivity contribution >= 4 is 5.84 Å². The molecule has 0 aliphatic carbocycles. The summed E-state index contributed by atoms with van der Waals surface area (Å²) < 4.78 is 0. The van der Waals surface area contributed by atoms with Gasteiger partial charge in [-0.3, -0.25) is 4.90 Å². The Hall–Kier alpha value is -0.850. The van der Waals surface area contributed by atoms with Crippen LogP contribution in [0.3, 0.4) is 0 Å². The maximum atomic E-state index is 8.97. The molecule has 19 heavy (non-hydrogen) atoms. The number of nitrogens with zero attached hydrogens (tertiary/aromatic N) is 3. The molecule has 1 saturated heterocycles. The van der Waals surface area contributed by atoms with E-state index in [-0.39, 0.29) is 12.0 Å². The minimum absolute atomic E-state index is 0.233. The van der Waals surface area contributed by atoms with Crippen LogP contribution in [0.15, 0.2) is 5.16 Å². The Morgan fingerprint density at radius 2 is 1.74 bits per heavy atom. The normalized spacial score (nSPS) is 20.5. The lowest BCUT2D eigenvalue weighted by molar-refractivity contribution is 0.194. The fourth-order valence-electron chi connectivity index (χ4n) is 2.31. The summed E-state index contributed by atoms with van der Waals surface area (Å²) in [5, 5.41) is 20.9. The van der Waals surface area contributed by atoms with E-state index in [4.69, 9.17) is 16.0 Å². The predicted molar refractivity (Wildman–Crippen MR) is 76.4 cm³/mol. The highest BCUT2D eigenvalue weighted by Crippen LogP contribution is 2.21. The largest absolute Gasteiger partial charge is 0.409 e. The van der Waals surface area contributed by atoms with Crippen LogP contribution in [0, 0.1) is 5.41 Å². The molecule has 0 amide bonds. The zero-order valence-corrected chi connectivity index (χ0v) is 12.2. The molecule has 0 spiro atoms. The zero-order valence-electron chi connectivity index (χ0n) is 12.2. The van der Waals surface area contributed by atoms with Crippen LogP contribution in [0.4, 0.5) is 0 Å². The highest BCUT2D eigenvalue weighted by atomic mass is 16.4. The number of amidine groups is 1. The summed E-state index contributed by atoms with van der Waals surface area (Å²) in [5.74, 6) is 0.296. The first-order valence-electron chi connectivity index (χ1n) is 7.03. The molecular weight excluding hydrogens is 244 g/mol. The summed E-state index contributed by atoms with van der Waals surface area (Å²) in [6.45, 7) is 10.1. The smallest absolute Gasteiger partial charge is 0.144 e. The molecule has 1 aliphatic heterocycles. The van der Waals surface area contributed by atoms with Crippen LogP contribution < -0.4 is 5.73 Å². The minimum atomic E-state index is -0.272. The number of aliphatic hydroxyl groups is 1. The van der Waals surface area contributed by atoms with Crippen LogP contribution in [0.1, 0.15) is 26.7 Å². The average Bonchev–Trinajstić information content (AvgIpc) is 2.61. The molecular formula is C13H28N4O2. The maximum Gasteiger partial charge on any atom is 0.144 e. The van der Waals surface area contributed by atoms with E-state index in [1.165, 1.54) is 0 Å². The lowest BCUT2D eigenvalue weighted by Gasteiger charge is -2.27. The molecule has 6 heteroatoms. The summed E-state index contributed by atoms with van der Waals surface area (Å²) in [6.07, 6.45) is 2.01. The van der Waals surface area contributed by atoms with E-state index in [9.17, 15) is 0 Å². The predicted octanol–water partition coefficient (Wildman–Crippen LogP) is 0.149. The number of hydrogen-bond donors (Lipinski definition) is 3. The third kappa shape index (κ3) is 5.34. The fourth-order valence-corrected chi connectivity index (χ4v) is 2.31. The van der Waals surface area contributed by atoms with Crippen LogP contribution in [-0.2, 0) is 0 Å². The third-order valence-electron chi connectivity index (χ3n) is 3.95. The summed E-state index contributed by atoms with van der Waals surface area (Å²) in [4.78, 5) is 4.72. The third-order valence-corrected chi connectivity index (χ3v) is 3.95. The molecule has 0 aromatic carbocycles. The van der Waals surface area contributed by atoms with Crippen molar-refractivity contribution in [2.24, 2.45) is 16.3 Å². The second-order valence-electron chi connectivity index (χ2n) is 5.88. The molecule has 4 N–H and O–H groups in total. The van der Waals surface area contributed by atoms with E-state index in [1.54, 1.807) is 0 Å². The Bertz CT molecular complexity index is 294. The molecule has 0 saturated carbocycles. The Kier molecular flexibility index (Phi) is 6.54. The van der Waals surface area contributed by atoms with Gasteiger partial charge in [-0.2, -0.15) is 0 Å². The Balaban J connectivity index is 2.38. The Morgan fingerprint density at radius 3 is 2.26 bits per heavy atom. The minimum Gasteiger partial charge on any atom is -0.409 e. The van der Waals surface area contributed by atoms with E-state index >= 15 is 0 Å². The molecule has 1 aliphatic rings. The standard InChI is InChI=1S/C13H28N4O2/c1-13(2,12(14)15-19)4-7-16-5-3-6-17(9-8-16)10-11-18/h18-19H,3-11H2,1-2H3,(H2,14,15). The summed E-state index contributed by atoms with van der Waals surface area (Å²) >= 11 is 0. The van der Waals surface area contributed by atoms with Gasteiger partial charge in [-0.25, -0.2) is 0 Å². The molecule has 0 unspecified atom stereocenters. The SMILES string of the molecule is CC(C)(CCN1CCCN(CCO)CC1)C(N)=NO. The van der Waals surface area contributed by atoms with Crippen molar-refractivity contribution in [1.29, 1.82) is 0 Å². The lowest BCUT2D eigenvalue weighted by atomic mass is 9.88. The number of rotatable bonds is 6. The van der Waals surface area contributed by atoms with Crippen molar-refractivity contribution < 1.29 is 10.3 Å². The summed E-state index contributed by atoms with van der Waals surface area (Å²) in [7, 11) is 0. The number of hydrogen-bond acceptors (Lipinski definition) is 5. The van der Waals surface area contributed by atoms with Gasteiger partial charge in [0.05, 0.1) is 6.61 Å². The Morgan fingerprint density at radius 1 is 1.16 bits per heavy atom. The molecule has 112 valence electrons. The number of nitrogens with two attached hydrogens (primary N) is 1. The second-order valence-corrected chi connectivity index (χ2v) is 5.88. The van der Waals surface area contributed by atoms with Crippen molar-refractivity contribution in [3.63, 3.8) is 0 Å². The van der Waals surface area contributed by atoms with Crippen molar-refractivity contribution in [1.82, 2.24) is 9.80 Å². The number of oxime groups is 1. The first-order valence-corrected chi connectivity index (χ1v) is 7.03. The van der Waals surface area contributed by atoms with Gasteiger partial charge in [0.2, 0.25) is 0 Å². The van der Waals surface area contributed by atoms with Crippen molar-refractivity contribution in [3.8, 4) is 0 Å². The van der Waals surface area contributed by atoms with Crippen LogP contribution in [-0.4, -0.2) is 71.8 Å². The van der Waals surface area contributed by atoms with E-state index < -0.39 is 0 Å². The van der Waals surface area contributed by atoms with Gasteiger partial charge >= 0.3 is 0 Å².